The summed E-state index contributed by atoms with van der Waals surface area (Å²) in [6.45, 7) is 0.370. The highest BCUT2D eigenvalue weighted by atomic mass is 19.3. The Balaban J connectivity index is 1.71. The van der Waals surface area contributed by atoms with Crippen molar-refractivity contribution in [2.24, 2.45) is 0 Å². The topological polar surface area (TPSA) is 71.8 Å². The summed E-state index contributed by atoms with van der Waals surface area (Å²) in [6, 6.07) is -0.805. The molecular weight excluding hydrogens is 232 g/mol. The zero-order valence-electron chi connectivity index (χ0n) is 9.07. The van der Waals surface area contributed by atoms with Gasteiger partial charge in [0.25, 0.3) is 5.92 Å². The zero-order chi connectivity index (χ0) is 12.3. The molecular formula is C9H13F2N5O. The molecule has 0 bridgehead atoms. The van der Waals surface area contributed by atoms with Gasteiger partial charge in [0.15, 0.2) is 0 Å². The summed E-state index contributed by atoms with van der Waals surface area (Å²) in [5.41, 5.74) is 0. The Bertz CT molecular complexity index is 381. The van der Waals surface area contributed by atoms with Crippen molar-refractivity contribution in [2.45, 2.75) is 24.9 Å². The number of carbonyl (C=O) groups excluding carboxylic acids is 1. The van der Waals surface area contributed by atoms with Gasteiger partial charge in [-0.2, -0.15) is 5.10 Å². The lowest BCUT2D eigenvalue weighted by Crippen LogP contribution is -2.41. The molecule has 1 unspecified atom stereocenters. The van der Waals surface area contributed by atoms with Crippen LogP contribution in [-0.4, -0.2) is 45.7 Å². The lowest BCUT2D eigenvalue weighted by atomic mass is 10.2. The van der Waals surface area contributed by atoms with E-state index in [1.54, 1.807) is 4.68 Å². The van der Waals surface area contributed by atoms with Gasteiger partial charge in [0.1, 0.15) is 12.7 Å². The molecule has 17 heavy (non-hydrogen) atoms. The third kappa shape index (κ3) is 3.19. The average molecular weight is 245 g/mol. The van der Waals surface area contributed by atoms with E-state index in [0.717, 1.165) is 0 Å². The van der Waals surface area contributed by atoms with E-state index in [1.165, 1.54) is 12.7 Å². The molecule has 94 valence electrons. The van der Waals surface area contributed by atoms with Gasteiger partial charge < -0.3 is 5.32 Å². The van der Waals surface area contributed by atoms with Crippen LogP contribution in [0.3, 0.4) is 0 Å². The molecule has 6 nitrogen and oxygen atoms in total. The van der Waals surface area contributed by atoms with Crippen LogP contribution < -0.4 is 10.6 Å². The molecule has 1 aliphatic heterocycles. The van der Waals surface area contributed by atoms with Crippen molar-refractivity contribution in [3.63, 3.8) is 0 Å². The smallest absolute Gasteiger partial charge is 0.262 e. The molecule has 8 heteroatoms. The van der Waals surface area contributed by atoms with Crippen LogP contribution in [0.4, 0.5) is 8.78 Å². The summed E-state index contributed by atoms with van der Waals surface area (Å²) in [6.07, 6.45) is 2.47. The van der Waals surface area contributed by atoms with E-state index >= 15 is 0 Å². The van der Waals surface area contributed by atoms with Gasteiger partial charge in [-0.25, -0.2) is 13.8 Å². The maximum absolute atomic E-state index is 12.8. The summed E-state index contributed by atoms with van der Waals surface area (Å²) in [7, 11) is 0. The van der Waals surface area contributed by atoms with E-state index in [2.05, 4.69) is 20.7 Å². The number of alkyl halides is 2. The monoisotopic (exact) mass is 245 g/mol. The van der Waals surface area contributed by atoms with Crippen molar-refractivity contribution in [1.29, 1.82) is 0 Å². The number of rotatable bonds is 4. The number of nitrogens with one attached hydrogen (secondary N) is 2. The summed E-state index contributed by atoms with van der Waals surface area (Å²) < 4.78 is 27.2. The van der Waals surface area contributed by atoms with E-state index in [1.807, 2.05) is 0 Å². The highest BCUT2D eigenvalue weighted by Gasteiger charge is 2.42. The van der Waals surface area contributed by atoms with Crippen molar-refractivity contribution in [1.82, 2.24) is 25.4 Å². The molecule has 1 amide bonds. The first kappa shape index (κ1) is 11.9. The maximum atomic E-state index is 12.8. The first-order valence-electron chi connectivity index (χ1n) is 5.28. The van der Waals surface area contributed by atoms with E-state index in [4.69, 9.17) is 0 Å². The lowest BCUT2D eigenvalue weighted by Gasteiger charge is -2.10. The Hall–Kier alpha value is -1.57. The predicted molar refractivity (Wildman–Crippen MR) is 54.4 cm³/mol. The normalized spacial score (nSPS) is 22.6. The van der Waals surface area contributed by atoms with Gasteiger partial charge in [-0.05, 0) is 0 Å². The van der Waals surface area contributed by atoms with Crippen molar-refractivity contribution in [3.8, 4) is 0 Å². The molecule has 0 aliphatic carbocycles. The van der Waals surface area contributed by atoms with Crippen LogP contribution in [0, 0.1) is 0 Å². The van der Waals surface area contributed by atoms with Crippen LogP contribution >= 0.6 is 0 Å². The fraction of sp³-hybridized carbons (Fsp3) is 0.667. The number of hydrogen-bond acceptors (Lipinski definition) is 4. The first-order valence-corrected chi connectivity index (χ1v) is 5.28. The predicted octanol–water partition coefficient (Wildman–Crippen LogP) is -0.609. The maximum Gasteiger partial charge on any atom is 0.262 e. The van der Waals surface area contributed by atoms with E-state index in [0.29, 0.717) is 13.1 Å². The summed E-state index contributed by atoms with van der Waals surface area (Å²) >= 11 is 0. The van der Waals surface area contributed by atoms with Crippen LogP contribution in [0.5, 0.6) is 0 Å². The molecule has 2 N–H and O–H groups in total. The van der Waals surface area contributed by atoms with Crippen molar-refractivity contribution in [2.75, 3.05) is 13.1 Å². The molecule has 0 saturated carbocycles. The highest BCUT2D eigenvalue weighted by Crippen LogP contribution is 2.24. The minimum atomic E-state index is -2.78. The number of amides is 1. The van der Waals surface area contributed by atoms with Gasteiger partial charge >= 0.3 is 0 Å². The van der Waals surface area contributed by atoms with Gasteiger partial charge in [-0.1, -0.05) is 0 Å². The minimum Gasteiger partial charge on any atom is -0.353 e. The zero-order valence-corrected chi connectivity index (χ0v) is 9.07. The lowest BCUT2D eigenvalue weighted by molar-refractivity contribution is -0.123. The van der Waals surface area contributed by atoms with Gasteiger partial charge in [-0.3, -0.25) is 14.8 Å². The van der Waals surface area contributed by atoms with Crippen molar-refractivity contribution >= 4 is 5.91 Å². The average Bonchev–Trinajstić information content (AvgIpc) is 2.87. The summed E-state index contributed by atoms with van der Waals surface area (Å²) in [4.78, 5) is 15.3. The molecule has 1 fully saturated rings. The minimum absolute atomic E-state index is 0.339. The number of halogens is 2. The second kappa shape index (κ2) is 4.74. The van der Waals surface area contributed by atoms with E-state index < -0.39 is 30.8 Å². The summed E-state index contributed by atoms with van der Waals surface area (Å²) in [5, 5.41) is 8.92. The molecule has 0 aromatic carbocycles. The number of hydrogen-bond donors (Lipinski definition) is 2. The largest absolute Gasteiger partial charge is 0.353 e. The molecule has 1 aliphatic rings. The second-order valence-electron chi connectivity index (χ2n) is 3.94. The Morgan fingerprint density at radius 1 is 1.65 bits per heavy atom. The van der Waals surface area contributed by atoms with Crippen LogP contribution in [0.25, 0.3) is 0 Å². The molecule has 2 heterocycles. The molecule has 1 aromatic rings. The SMILES string of the molecule is O=C(NCCn1cncn1)C1CC(F)(F)CN1. The Morgan fingerprint density at radius 3 is 3.06 bits per heavy atom. The van der Waals surface area contributed by atoms with Crippen LogP contribution in [0.15, 0.2) is 12.7 Å². The molecule has 0 spiro atoms. The molecule has 1 atom stereocenters. The Kier molecular flexibility index (Phi) is 3.32. The molecule has 2 rings (SSSR count). The van der Waals surface area contributed by atoms with E-state index in [-0.39, 0.29) is 0 Å². The number of nitrogens with zero attached hydrogens (tertiary/aromatic N) is 3. The fourth-order valence-corrected chi connectivity index (χ4v) is 1.67. The van der Waals surface area contributed by atoms with Crippen LogP contribution in [0.1, 0.15) is 6.42 Å². The standard InChI is InChI=1S/C9H13F2N5O/c10-9(11)3-7(14-4-9)8(17)13-1-2-16-6-12-5-15-16/h5-7,14H,1-4H2,(H,13,17). The van der Waals surface area contributed by atoms with Crippen molar-refractivity contribution in [3.05, 3.63) is 12.7 Å². The second-order valence-corrected chi connectivity index (χ2v) is 3.94. The van der Waals surface area contributed by atoms with Gasteiger partial charge in [0, 0.05) is 13.0 Å². The van der Waals surface area contributed by atoms with Gasteiger partial charge in [-0.15, -0.1) is 0 Å². The number of aromatic nitrogens is 3. The van der Waals surface area contributed by atoms with Crippen LogP contribution in [0.2, 0.25) is 0 Å². The fourth-order valence-electron chi connectivity index (χ4n) is 1.67. The quantitative estimate of drug-likeness (QED) is 0.742. The molecule has 1 saturated heterocycles. The Labute approximate surface area is 96.4 Å². The third-order valence-electron chi connectivity index (χ3n) is 2.53. The van der Waals surface area contributed by atoms with Gasteiger partial charge in [0.05, 0.1) is 19.1 Å². The third-order valence-corrected chi connectivity index (χ3v) is 2.53. The number of carbonyl (C=O) groups is 1. The highest BCUT2D eigenvalue weighted by molar-refractivity contribution is 5.82. The van der Waals surface area contributed by atoms with Gasteiger partial charge in [0.2, 0.25) is 5.91 Å². The Morgan fingerprint density at radius 2 is 2.47 bits per heavy atom. The van der Waals surface area contributed by atoms with E-state index in [9.17, 15) is 13.6 Å². The molecule has 0 radical (unpaired) electrons. The van der Waals surface area contributed by atoms with Crippen molar-refractivity contribution < 1.29 is 13.6 Å². The molecule has 1 aromatic heterocycles. The summed E-state index contributed by atoms with van der Waals surface area (Å²) in [5.74, 6) is -3.18. The first-order chi connectivity index (χ1) is 8.07. The van der Waals surface area contributed by atoms with Crippen LogP contribution in [-0.2, 0) is 11.3 Å².